The minimum absolute atomic E-state index is 0.0979. The fourth-order valence-corrected chi connectivity index (χ4v) is 3.44. The fourth-order valence-electron chi connectivity index (χ4n) is 2.09. The number of rotatable bonds is 6. The zero-order valence-corrected chi connectivity index (χ0v) is 14.2. The van der Waals surface area contributed by atoms with Gasteiger partial charge in [-0.05, 0) is 36.6 Å². The van der Waals surface area contributed by atoms with Crippen LogP contribution in [0.4, 0.5) is 4.39 Å². The van der Waals surface area contributed by atoms with Crippen LogP contribution in [0.2, 0.25) is 0 Å². The standard InChI is InChI=1S/C15H18FN3O4S/c1-9(2)14(15(20)21)18-24(22,23)11-4-5-13(12(16)6-11)19-8-10(3)7-17-19/h4-9,14,18H,1-3H3,(H,20,21). The van der Waals surface area contributed by atoms with Crippen LogP contribution in [0.15, 0.2) is 35.5 Å². The van der Waals surface area contributed by atoms with E-state index in [-0.39, 0.29) is 10.6 Å². The van der Waals surface area contributed by atoms with Crippen molar-refractivity contribution in [2.24, 2.45) is 5.92 Å². The number of carbonyl (C=O) groups is 1. The Bertz CT molecular complexity index is 861. The van der Waals surface area contributed by atoms with Gasteiger partial charge in [-0.25, -0.2) is 17.5 Å². The summed E-state index contributed by atoms with van der Waals surface area (Å²) >= 11 is 0. The topological polar surface area (TPSA) is 101 Å². The summed E-state index contributed by atoms with van der Waals surface area (Å²) in [5.74, 6) is -2.54. The van der Waals surface area contributed by atoms with E-state index in [2.05, 4.69) is 9.82 Å². The summed E-state index contributed by atoms with van der Waals surface area (Å²) in [6, 6.07) is 2.03. The van der Waals surface area contributed by atoms with Gasteiger partial charge in [0.15, 0.2) is 0 Å². The molecule has 0 spiro atoms. The Morgan fingerprint density at radius 2 is 2.04 bits per heavy atom. The molecule has 0 bridgehead atoms. The van der Waals surface area contributed by atoms with Crippen LogP contribution in [0.3, 0.4) is 0 Å². The fraction of sp³-hybridized carbons (Fsp3) is 0.333. The third-order valence-corrected chi connectivity index (χ3v) is 4.84. The predicted octanol–water partition coefficient (Wildman–Crippen LogP) is 1.71. The minimum Gasteiger partial charge on any atom is -0.480 e. The molecule has 1 unspecified atom stereocenters. The second kappa shape index (κ2) is 6.70. The molecule has 0 radical (unpaired) electrons. The van der Waals surface area contributed by atoms with Crippen molar-refractivity contribution in [1.29, 1.82) is 0 Å². The number of hydrogen-bond acceptors (Lipinski definition) is 4. The first kappa shape index (κ1) is 18.1. The molecule has 0 saturated heterocycles. The van der Waals surface area contributed by atoms with Gasteiger partial charge in [0.05, 0.1) is 11.1 Å². The number of aryl methyl sites for hydroxylation is 1. The van der Waals surface area contributed by atoms with Crippen LogP contribution in [-0.2, 0) is 14.8 Å². The highest BCUT2D eigenvalue weighted by atomic mass is 32.2. The molecule has 1 atom stereocenters. The van der Waals surface area contributed by atoms with Gasteiger partial charge in [-0.2, -0.15) is 9.82 Å². The lowest BCUT2D eigenvalue weighted by Gasteiger charge is -2.18. The highest BCUT2D eigenvalue weighted by molar-refractivity contribution is 7.89. The zero-order valence-electron chi connectivity index (χ0n) is 13.4. The molecular formula is C15H18FN3O4S. The number of aliphatic carboxylic acids is 1. The molecule has 24 heavy (non-hydrogen) atoms. The molecule has 0 aliphatic heterocycles. The highest BCUT2D eigenvalue weighted by Gasteiger charge is 2.28. The maximum absolute atomic E-state index is 14.3. The van der Waals surface area contributed by atoms with Crippen molar-refractivity contribution in [3.63, 3.8) is 0 Å². The van der Waals surface area contributed by atoms with Crippen molar-refractivity contribution in [2.75, 3.05) is 0 Å². The first-order chi connectivity index (χ1) is 11.1. The largest absolute Gasteiger partial charge is 0.480 e. The van der Waals surface area contributed by atoms with Gasteiger partial charge in [-0.3, -0.25) is 4.79 Å². The normalized spacial score (nSPS) is 13.2. The molecule has 0 aliphatic rings. The number of hydrogen-bond donors (Lipinski definition) is 2. The van der Waals surface area contributed by atoms with E-state index in [4.69, 9.17) is 5.11 Å². The van der Waals surface area contributed by atoms with Crippen LogP contribution in [0.5, 0.6) is 0 Å². The molecular weight excluding hydrogens is 337 g/mol. The summed E-state index contributed by atoms with van der Waals surface area (Å²) in [6.07, 6.45) is 3.15. The number of aromatic nitrogens is 2. The first-order valence-corrected chi connectivity index (χ1v) is 8.66. The molecule has 0 aliphatic carbocycles. The van der Waals surface area contributed by atoms with Gasteiger partial charge in [-0.1, -0.05) is 13.8 Å². The van der Waals surface area contributed by atoms with Crippen LogP contribution < -0.4 is 4.72 Å². The van der Waals surface area contributed by atoms with E-state index in [0.29, 0.717) is 0 Å². The monoisotopic (exact) mass is 355 g/mol. The van der Waals surface area contributed by atoms with E-state index in [9.17, 15) is 17.6 Å². The molecule has 0 saturated carbocycles. The van der Waals surface area contributed by atoms with Gasteiger partial charge in [0.25, 0.3) is 0 Å². The van der Waals surface area contributed by atoms with Gasteiger partial charge in [0.1, 0.15) is 17.5 Å². The Kier molecular flexibility index (Phi) is 5.05. The Balaban J connectivity index is 2.35. The van der Waals surface area contributed by atoms with Gasteiger partial charge in [0.2, 0.25) is 10.0 Å². The Hall–Kier alpha value is -2.26. The van der Waals surface area contributed by atoms with Crippen LogP contribution >= 0.6 is 0 Å². The number of benzene rings is 1. The number of carboxylic acid groups (broad SMARTS) is 1. The molecule has 130 valence electrons. The lowest BCUT2D eigenvalue weighted by molar-refractivity contribution is -0.140. The molecule has 7 nitrogen and oxygen atoms in total. The van der Waals surface area contributed by atoms with E-state index in [1.807, 2.05) is 0 Å². The molecule has 2 rings (SSSR count). The van der Waals surface area contributed by atoms with Gasteiger partial charge in [-0.15, -0.1) is 0 Å². The van der Waals surface area contributed by atoms with Crippen molar-refractivity contribution >= 4 is 16.0 Å². The van der Waals surface area contributed by atoms with Crippen molar-refractivity contribution in [3.8, 4) is 5.69 Å². The van der Waals surface area contributed by atoms with E-state index in [0.717, 1.165) is 11.6 Å². The van der Waals surface area contributed by atoms with Crippen LogP contribution in [0.1, 0.15) is 19.4 Å². The van der Waals surface area contributed by atoms with Crippen LogP contribution in [0, 0.1) is 18.7 Å². The number of sulfonamides is 1. The Morgan fingerprint density at radius 1 is 1.38 bits per heavy atom. The lowest BCUT2D eigenvalue weighted by Crippen LogP contribution is -2.44. The van der Waals surface area contributed by atoms with Crippen LogP contribution in [0.25, 0.3) is 5.69 Å². The highest BCUT2D eigenvalue weighted by Crippen LogP contribution is 2.19. The number of nitrogens with zero attached hydrogens (tertiary/aromatic N) is 2. The quantitative estimate of drug-likeness (QED) is 0.821. The van der Waals surface area contributed by atoms with E-state index >= 15 is 0 Å². The average Bonchev–Trinajstić information content (AvgIpc) is 2.90. The molecule has 2 N–H and O–H groups in total. The smallest absolute Gasteiger partial charge is 0.322 e. The Labute approximate surface area is 139 Å². The molecule has 2 aromatic rings. The molecule has 0 amide bonds. The average molecular weight is 355 g/mol. The lowest BCUT2D eigenvalue weighted by atomic mass is 10.1. The second-order valence-electron chi connectivity index (χ2n) is 5.76. The van der Waals surface area contributed by atoms with Crippen molar-refractivity contribution in [1.82, 2.24) is 14.5 Å². The molecule has 1 aromatic heterocycles. The minimum atomic E-state index is -4.17. The molecule has 0 fully saturated rings. The number of halogens is 1. The third kappa shape index (κ3) is 3.80. The number of nitrogens with one attached hydrogen (secondary N) is 1. The summed E-state index contributed by atoms with van der Waals surface area (Å²) < 4.78 is 42.2. The zero-order chi connectivity index (χ0) is 18.1. The van der Waals surface area contributed by atoms with Crippen molar-refractivity contribution in [2.45, 2.75) is 31.7 Å². The molecule has 1 aromatic carbocycles. The maximum Gasteiger partial charge on any atom is 0.322 e. The molecule has 9 heteroatoms. The van der Waals surface area contributed by atoms with E-state index in [1.165, 1.54) is 16.8 Å². The van der Waals surface area contributed by atoms with Crippen molar-refractivity contribution < 1.29 is 22.7 Å². The predicted molar refractivity (Wildman–Crippen MR) is 84.8 cm³/mol. The summed E-state index contributed by atoms with van der Waals surface area (Å²) in [5, 5.41) is 13.1. The first-order valence-electron chi connectivity index (χ1n) is 7.18. The summed E-state index contributed by atoms with van der Waals surface area (Å²) in [5.41, 5.74) is 0.926. The van der Waals surface area contributed by atoms with E-state index < -0.39 is 33.8 Å². The summed E-state index contributed by atoms with van der Waals surface area (Å²) in [4.78, 5) is 10.8. The summed E-state index contributed by atoms with van der Waals surface area (Å²) in [6.45, 7) is 4.94. The van der Waals surface area contributed by atoms with Gasteiger partial charge >= 0.3 is 5.97 Å². The second-order valence-corrected chi connectivity index (χ2v) is 7.47. The third-order valence-electron chi connectivity index (χ3n) is 3.40. The summed E-state index contributed by atoms with van der Waals surface area (Å²) in [7, 11) is -4.17. The van der Waals surface area contributed by atoms with Gasteiger partial charge < -0.3 is 5.11 Å². The van der Waals surface area contributed by atoms with Crippen LogP contribution in [-0.4, -0.2) is 35.3 Å². The maximum atomic E-state index is 14.3. The SMILES string of the molecule is Cc1cnn(-c2ccc(S(=O)(=O)NC(C(=O)O)C(C)C)cc2F)c1. The van der Waals surface area contributed by atoms with Gasteiger partial charge in [0, 0.05) is 6.20 Å². The molecule has 1 heterocycles. The number of carboxylic acids is 1. The van der Waals surface area contributed by atoms with Crippen molar-refractivity contribution in [3.05, 3.63) is 42.0 Å². The van der Waals surface area contributed by atoms with E-state index in [1.54, 1.807) is 33.2 Å². The Morgan fingerprint density at radius 3 is 2.50 bits per heavy atom.